The lowest BCUT2D eigenvalue weighted by atomic mass is 9.99. The molecule has 3 rings (SSSR count). The van der Waals surface area contributed by atoms with Gasteiger partial charge in [-0.3, -0.25) is 0 Å². The molecule has 0 bridgehead atoms. The number of piperidine rings is 1. The highest BCUT2D eigenvalue weighted by atomic mass is 79.9. The minimum Gasteiger partial charge on any atom is -0.371 e. The van der Waals surface area contributed by atoms with Crippen LogP contribution in [0.1, 0.15) is 25.3 Å². The summed E-state index contributed by atoms with van der Waals surface area (Å²) in [6.45, 7) is 5.39. The predicted molar refractivity (Wildman–Crippen MR) is 114 cm³/mol. The van der Waals surface area contributed by atoms with Gasteiger partial charge in [0.2, 0.25) is 0 Å². The van der Waals surface area contributed by atoms with Gasteiger partial charge in [-0.25, -0.2) is 0 Å². The molecular formula is C20H24BrN3S. The van der Waals surface area contributed by atoms with Crippen molar-refractivity contribution in [2.45, 2.75) is 26.3 Å². The zero-order valence-electron chi connectivity index (χ0n) is 14.5. The normalized spacial score (nSPS) is 17.2. The molecule has 0 spiro atoms. The Morgan fingerprint density at radius 3 is 2.76 bits per heavy atom. The van der Waals surface area contributed by atoms with Gasteiger partial charge in [0.25, 0.3) is 0 Å². The summed E-state index contributed by atoms with van der Waals surface area (Å²) in [7, 11) is 0. The van der Waals surface area contributed by atoms with Crippen molar-refractivity contribution in [3.8, 4) is 0 Å². The molecule has 1 fully saturated rings. The molecule has 3 nitrogen and oxygen atoms in total. The van der Waals surface area contributed by atoms with Crippen LogP contribution >= 0.6 is 28.1 Å². The van der Waals surface area contributed by atoms with Crippen LogP contribution in [0.15, 0.2) is 53.0 Å². The van der Waals surface area contributed by atoms with Crippen molar-refractivity contribution in [2.24, 2.45) is 5.92 Å². The SMILES string of the molecule is CC1CCCN(c2ccc(CNC(=S)Nc3cccc(Br)c3)cc2)C1. The van der Waals surface area contributed by atoms with Crippen LogP contribution in [-0.2, 0) is 6.54 Å². The minimum absolute atomic E-state index is 0.632. The summed E-state index contributed by atoms with van der Waals surface area (Å²) in [6.07, 6.45) is 2.64. The molecule has 0 radical (unpaired) electrons. The number of anilines is 2. The molecule has 1 unspecified atom stereocenters. The van der Waals surface area contributed by atoms with E-state index in [2.05, 4.69) is 62.7 Å². The monoisotopic (exact) mass is 417 g/mol. The third kappa shape index (κ3) is 5.44. The van der Waals surface area contributed by atoms with E-state index in [1.807, 2.05) is 24.3 Å². The molecule has 0 aliphatic carbocycles. The number of benzene rings is 2. The van der Waals surface area contributed by atoms with Gasteiger partial charge >= 0.3 is 0 Å². The van der Waals surface area contributed by atoms with Crippen molar-refractivity contribution in [3.05, 3.63) is 58.6 Å². The molecule has 5 heteroatoms. The van der Waals surface area contributed by atoms with Gasteiger partial charge in [0.1, 0.15) is 0 Å². The summed E-state index contributed by atoms with van der Waals surface area (Å²) in [5, 5.41) is 7.10. The fourth-order valence-electron chi connectivity index (χ4n) is 3.17. The maximum Gasteiger partial charge on any atom is 0.171 e. The molecule has 1 aliphatic heterocycles. The Balaban J connectivity index is 1.50. The van der Waals surface area contributed by atoms with Crippen molar-refractivity contribution < 1.29 is 0 Å². The number of hydrogen-bond acceptors (Lipinski definition) is 2. The van der Waals surface area contributed by atoms with E-state index in [1.54, 1.807) is 0 Å². The highest BCUT2D eigenvalue weighted by Crippen LogP contribution is 2.23. The fraction of sp³-hybridized carbons (Fsp3) is 0.350. The molecule has 132 valence electrons. The van der Waals surface area contributed by atoms with Gasteiger partial charge in [0.05, 0.1) is 0 Å². The van der Waals surface area contributed by atoms with Crippen molar-refractivity contribution in [2.75, 3.05) is 23.3 Å². The van der Waals surface area contributed by atoms with E-state index in [0.717, 1.165) is 29.2 Å². The molecule has 2 aromatic carbocycles. The maximum absolute atomic E-state index is 5.37. The van der Waals surface area contributed by atoms with E-state index >= 15 is 0 Å². The number of hydrogen-bond donors (Lipinski definition) is 2. The average molecular weight is 418 g/mol. The van der Waals surface area contributed by atoms with Crippen LogP contribution in [-0.4, -0.2) is 18.2 Å². The smallest absolute Gasteiger partial charge is 0.171 e. The predicted octanol–water partition coefficient (Wildman–Crippen LogP) is 5.17. The molecule has 0 saturated carbocycles. The summed E-state index contributed by atoms with van der Waals surface area (Å²) in [5.74, 6) is 0.788. The van der Waals surface area contributed by atoms with Gasteiger partial charge in [0, 0.05) is 35.5 Å². The summed E-state index contributed by atoms with van der Waals surface area (Å²) in [4.78, 5) is 2.49. The van der Waals surface area contributed by atoms with Gasteiger partial charge < -0.3 is 15.5 Å². The Hall–Kier alpha value is -1.59. The van der Waals surface area contributed by atoms with Crippen LogP contribution in [0.25, 0.3) is 0 Å². The second-order valence-electron chi connectivity index (χ2n) is 6.68. The fourth-order valence-corrected chi connectivity index (χ4v) is 3.76. The average Bonchev–Trinajstić information content (AvgIpc) is 2.60. The Morgan fingerprint density at radius 1 is 1.24 bits per heavy atom. The maximum atomic E-state index is 5.37. The molecule has 1 atom stereocenters. The van der Waals surface area contributed by atoms with Crippen LogP contribution in [0.4, 0.5) is 11.4 Å². The first-order valence-electron chi connectivity index (χ1n) is 8.74. The molecule has 0 aromatic heterocycles. The summed E-state index contributed by atoms with van der Waals surface area (Å²) in [6, 6.07) is 16.8. The summed E-state index contributed by atoms with van der Waals surface area (Å²) in [5.41, 5.74) is 3.53. The largest absolute Gasteiger partial charge is 0.371 e. The second-order valence-corrected chi connectivity index (χ2v) is 8.00. The van der Waals surface area contributed by atoms with E-state index < -0.39 is 0 Å². The lowest BCUT2D eigenvalue weighted by molar-refractivity contribution is 0.447. The first-order chi connectivity index (χ1) is 12.1. The van der Waals surface area contributed by atoms with Gasteiger partial charge in [-0.2, -0.15) is 0 Å². The van der Waals surface area contributed by atoms with Crippen LogP contribution in [0, 0.1) is 5.92 Å². The van der Waals surface area contributed by atoms with E-state index in [-0.39, 0.29) is 0 Å². The number of rotatable bonds is 4. The van der Waals surface area contributed by atoms with Crippen molar-refractivity contribution in [1.82, 2.24) is 5.32 Å². The first-order valence-corrected chi connectivity index (χ1v) is 9.94. The Kier molecular flexibility index (Phi) is 6.32. The molecule has 1 saturated heterocycles. The zero-order chi connectivity index (χ0) is 17.6. The van der Waals surface area contributed by atoms with E-state index in [4.69, 9.17) is 12.2 Å². The number of nitrogens with one attached hydrogen (secondary N) is 2. The summed E-state index contributed by atoms with van der Waals surface area (Å²) < 4.78 is 1.03. The van der Waals surface area contributed by atoms with Crippen LogP contribution in [0.2, 0.25) is 0 Å². The van der Waals surface area contributed by atoms with Crippen molar-refractivity contribution >= 4 is 44.6 Å². The third-order valence-corrected chi connectivity index (χ3v) is 5.23. The van der Waals surface area contributed by atoms with Gasteiger partial charge in [-0.15, -0.1) is 0 Å². The van der Waals surface area contributed by atoms with E-state index in [9.17, 15) is 0 Å². The number of halogens is 1. The molecule has 1 aliphatic rings. The standard InChI is InChI=1S/C20H24BrN3S/c1-15-4-3-11-24(14-15)19-9-7-16(8-10-19)13-22-20(25)23-18-6-2-5-17(21)12-18/h2,5-10,12,15H,3-4,11,13-14H2,1H3,(H2,22,23,25). The van der Waals surface area contributed by atoms with Gasteiger partial charge in [0.15, 0.2) is 5.11 Å². The molecule has 2 aromatic rings. The Labute approximate surface area is 163 Å². The van der Waals surface area contributed by atoms with Crippen molar-refractivity contribution in [1.29, 1.82) is 0 Å². The minimum atomic E-state index is 0.632. The van der Waals surface area contributed by atoms with Crippen LogP contribution in [0.5, 0.6) is 0 Å². The van der Waals surface area contributed by atoms with Gasteiger partial charge in [-0.1, -0.05) is 41.1 Å². The van der Waals surface area contributed by atoms with E-state index in [0.29, 0.717) is 5.11 Å². The number of nitrogens with zero attached hydrogens (tertiary/aromatic N) is 1. The molecule has 1 heterocycles. The van der Waals surface area contributed by atoms with Gasteiger partial charge in [-0.05, 0) is 66.9 Å². The number of thiocarbonyl (C=S) groups is 1. The van der Waals surface area contributed by atoms with Crippen LogP contribution < -0.4 is 15.5 Å². The quantitative estimate of drug-likeness (QED) is 0.670. The molecule has 2 N–H and O–H groups in total. The second kappa shape index (κ2) is 8.68. The van der Waals surface area contributed by atoms with Crippen LogP contribution in [0.3, 0.4) is 0 Å². The summed E-state index contributed by atoms with van der Waals surface area (Å²) >= 11 is 8.84. The highest BCUT2D eigenvalue weighted by molar-refractivity contribution is 9.10. The lowest BCUT2D eigenvalue weighted by Crippen LogP contribution is -2.34. The first kappa shape index (κ1) is 18.2. The van der Waals surface area contributed by atoms with E-state index in [1.165, 1.54) is 30.6 Å². The topological polar surface area (TPSA) is 27.3 Å². The lowest BCUT2D eigenvalue weighted by Gasteiger charge is -2.32. The third-order valence-electron chi connectivity index (χ3n) is 4.49. The van der Waals surface area contributed by atoms with Crippen molar-refractivity contribution in [3.63, 3.8) is 0 Å². The molecule has 25 heavy (non-hydrogen) atoms. The zero-order valence-corrected chi connectivity index (χ0v) is 16.9. The highest BCUT2D eigenvalue weighted by Gasteiger charge is 2.16. The molecule has 0 amide bonds. The Bertz CT molecular complexity index is 717. The Morgan fingerprint density at radius 2 is 2.04 bits per heavy atom. The molecular weight excluding hydrogens is 394 g/mol.